The van der Waals surface area contributed by atoms with Crippen LogP contribution in [0.1, 0.15) is 47.9 Å². The van der Waals surface area contributed by atoms with Gasteiger partial charge in [-0.05, 0) is 54.1 Å². The van der Waals surface area contributed by atoms with Gasteiger partial charge in [-0.25, -0.2) is 0 Å². The van der Waals surface area contributed by atoms with E-state index in [0.717, 1.165) is 60.6 Å². The molecule has 8 nitrogen and oxygen atoms in total. The Morgan fingerprint density at radius 1 is 0.811 bits per heavy atom. The average molecular weight is 718 g/mol. The molecule has 3 N–H and O–H groups in total. The number of rotatable bonds is 9. The number of aromatic nitrogens is 1. The highest BCUT2D eigenvalue weighted by molar-refractivity contribution is 7.09. The number of carbonyl (C=O) groups is 1. The highest BCUT2D eigenvalue weighted by Crippen LogP contribution is 2.56. The quantitative estimate of drug-likeness (QED) is 0.130. The van der Waals surface area contributed by atoms with Crippen LogP contribution in [0.3, 0.4) is 0 Å². The van der Waals surface area contributed by atoms with E-state index in [4.69, 9.17) is 14.6 Å². The summed E-state index contributed by atoms with van der Waals surface area (Å²) in [6.45, 7) is 4.50. The largest absolute Gasteiger partial charge is 0.497 e. The first-order valence-electron chi connectivity index (χ1n) is 17.5. The number of para-hydroxylation sites is 3. The average Bonchev–Trinajstić information content (AvgIpc) is 3.60. The number of hydrogen-bond acceptors (Lipinski definition) is 7. The van der Waals surface area contributed by atoms with Gasteiger partial charge >= 0.3 is 0 Å². The van der Waals surface area contributed by atoms with E-state index in [2.05, 4.69) is 46.8 Å². The zero-order valence-corrected chi connectivity index (χ0v) is 30.5. The predicted octanol–water partition coefficient (Wildman–Crippen LogP) is 9.24. The fourth-order valence-electron chi connectivity index (χ4n) is 7.04. The summed E-state index contributed by atoms with van der Waals surface area (Å²) in [5.74, 6) is 1.25. The molecular formula is C44H39N5O3S. The van der Waals surface area contributed by atoms with Crippen LogP contribution in [0.15, 0.2) is 162 Å². The standard InChI is InChI=1S/C44H39N5O3S/c1-44(2)28-35-37(39-41(44)53-43(48-46-32-20-12-6-13-21-32)49(39)33-22-14-7-15-23-33)36(29-24-26-34(51-3)27-25-29)38(40(52-35)30-16-8-4-9-17-30)42(50)47-45-31-18-10-5-11-19-31/h4-27,36,45-46H,28H2,1-3H3,(H,47,50). The summed E-state index contributed by atoms with van der Waals surface area (Å²) >= 11 is 1.65. The normalized spacial score (nSPS) is 16.3. The zero-order valence-electron chi connectivity index (χ0n) is 29.7. The minimum Gasteiger partial charge on any atom is -0.497 e. The van der Waals surface area contributed by atoms with Crippen molar-refractivity contribution in [2.24, 2.45) is 5.10 Å². The number of anilines is 2. The van der Waals surface area contributed by atoms with Crippen molar-refractivity contribution in [3.63, 3.8) is 0 Å². The molecule has 0 spiro atoms. The summed E-state index contributed by atoms with van der Waals surface area (Å²) in [6.07, 6.45) is 0.621. The molecule has 5 aromatic carbocycles. The Morgan fingerprint density at radius 2 is 1.42 bits per heavy atom. The Kier molecular flexibility index (Phi) is 9.16. The van der Waals surface area contributed by atoms with E-state index in [1.165, 1.54) is 0 Å². The number of thiazole rings is 1. The molecule has 0 saturated heterocycles. The second kappa shape index (κ2) is 14.4. The first-order chi connectivity index (χ1) is 25.9. The molecule has 1 amide bonds. The van der Waals surface area contributed by atoms with Gasteiger partial charge in [0.25, 0.3) is 5.91 Å². The molecule has 0 radical (unpaired) electrons. The van der Waals surface area contributed by atoms with E-state index in [1.807, 2.05) is 133 Å². The van der Waals surface area contributed by atoms with Crippen LogP contribution >= 0.6 is 11.3 Å². The van der Waals surface area contributed by atoms with Gasteiger partial charge in [0.1, 0.15) is 17.3 Å². The first kappa shape index (κ1) is 33.8. The molecule has 2 aliphatic rings. The van der Waals surface area contributed by atoms with Gasteiger partial charge in [0.05, 0.1) is 29.8 Å². The number of fused-ring (bicyclic) bond motifs is 2. The van der Waals surface area contributed by atoms with E-state index in [0.29, 0.717) is 17.8 Å². The summed E-state index contributed by atoms with van der Waals surface area (Å²) < 4.78 is 14.9. The number of nitrogens with zero attached hydrogens (tertiary/aromatic N) is 2. The number of methoxy groups -OCH3 is 1. The number of amides is 1. The van der Waals surface area contributed by atoms with Crippen molar-refractivity contribution in [1.29, 1.82) is 0 Å². The fraction of sp³-hybridized carbons (Fsp3) is 0.136. The molecule has 1 unspecified atom stereocenters. The monoisotopic (exact) mass is 717 g/mol. The van der Waals surface area contributed by atoms with Crippen LogP contribution in [0, 0.1) is 0 Å². The van der Waals surface area contributed by atoms with Crippen molar-refractivity contribution in [2.45, 2.75) is 31.6 Å². The Bertz CT molecular complexity index is 2380. The Morgan fingerprint density at radius 3 is 2.06 bits per heavy atom. The topological polar surface area (TPSA) is 88.9 Å². The smallest absolute Gasteiger partial charge is 0.270 e. The minimum atomic E-state index is -0.521. The van der Waals surface area contributed by atoms with Gasteiger partial charge in [-0.2, -0.15) is 0 Å². The molecule has 2 heterocycles. The molecule has 1 aromatic heterocycles. The third-order valence-corrected chi connectivity index (χ3v) is 10.9. The Balaban J connectivity index is 1.39. The van der Waals surface area contributed by atoms with Crippen molar-refractivity contribution >= 4 is 40.0 Å². The third-order valence-electron chi connectivity index (χ3n) is 9.54. The van der Waals surface area contributed by atoms with E-state index in [9.17, 15) is 4.79 Å². The molecule has 0 fully saturated rings. The minimum absolute atomic E-state index is 0.302. The lowest BCUT2D eigenvalue weighted by molar-refractivity contribution is -0.117. The molecule has 9 heteroatoms. The van der Waals surface area contributed by atoms with Crippen molar-refractivity contribution in [3.05, 3.63) is 183 Å². The maximum atomic E-state index is 14.8. The fourth-order valence-corrected chi connectivity index (χ4v) is 8.24. The summed E-state index contributed by atoms with van der Waals surface area (Å²) in [5, 5.41) is 5.01. The maximum absolute atomic E-state index is 14.8. The van der Waals surface area contributed by atoms with Gasteiger partial charge in [-0.15, -0.1) is 5.10 Å². The number of carbonyl (C=O) groups excluding carboxylic acids is 1. The van der Waals surface area contributed by atoms with Crippen molar-refractivity contribution < 1.29 is 14.3 Å². The molecule has 8 rings (SSSR count). The van der Waals surface area contributed by atoms with Crippen LogP contribution < -0.4 is 25.8 Å². The number of hydrogen-bond donors (Lipinski definition) is 3. The van der Waals surface area contributed by atoms with E-state index in [-0.39, 0.29) is 11.3 Å². The van der Waals surface area contributed by atoms with Gasteiger partial charge in [-0.1, -0.05) is 122 Å². The van der Waals surface area contributed by atoms with Crippen LogP contribution in [0.25, 0.3) is 17.0 Å². The van der Waals surface area contributed by atoms with E-state index >= 15 is 0 Å². The first-order valence-corrected chi connectivity index (χ1v) is 18.4. The van der Waals surface area contributed by atoms with Crippen LogP contribution in [-0.2, 0) is 14.9 Å². The molecule has 1 atom stereocenters. The lowest BCUT2D eigenvalue weighted by Crippen LogP contribution is -2.37. The molecule has 53 heavy (non-hydrogen) atoms. The number of benzene rings is 5. The lowest BCUT2D eigenvalue weighted by Gasteiger charge is -2.40. The third kappa shape index (κ3) is 6.63. The van der Waals surface area contributed by atoms with E-state index in [1.54, 1.807) is 18.4 Å². The second-order valence-corrected chi connectivity index (χ2v) is 14.6. The summed E-state index contributed by atoms with van der Waals surface area (Å²) in [4.78, 5) is 16.7. The van der Waals surface area contributed by atoms with Gasteiger partial charge in [0.2, 0.25) is 4.80 Å². The maximum Gasteiger partial charge on any atom is 0.270 e. The number of ether oxygens (including phenoxy) is 2. The van der Waals surface area contributed by atoms with Gasteiger partial charge < -0.3 is 9.47 Å². The number of allylic oxidation sites excluding steroid dienone is 2. The predicted molar refractivity (Wildman–Crippen MR) is 212 cm³/mol. The summed E-state index contributed by atoms with van der Waals surface area (Å²) in [7, 11) is 1.66. The second-order valence-electron chi connectivity index (χ2n) is 13.6. The van der Waals surface area contributed by atoms with Gasteiger partial charge in [0, 0.05) is 39.5 Å². The number of hydrazine groups is 1. The van der Waals surface area contributed by atoms with Crippen molar-refractivity contribution in [3.8, 4) is 11.4 Å². The van der Waals surface area contributed by atoms with Crippen molar-refractivity contribution in [1.82, 2.24) is 9.99 Å². The Hall–Kier alpha value is -6.32. The van der Waals surface area contributed by atoms with Crippen LogP contribution in [0.2, 0.25) is 0 Å². The van der Waals surface area contributed by atoms with Gasteiger partial charge in [-0.3, -0.25) is 25.6 Å². The SMILES string of the molecule is COc1ccc(C2C(C(=O)NNc3ccccc3)=C(c3ccccc3)OC3=C2c2c(sc(=NNc4ccccc4)n2-c2ccccc2)C(C)(C)C3)cc1. The molecule has 1 aliphatic carbocycles. The van der Waals surface area contributed by atoms with Crippen LogP contribution in [0.4, 0.5) is 11.4 Å². The molecule has 0 saturated carbocycles. The molecular weight excluding hydrogens is 679 g/mol. The van der Waals surface area contributed by atoms with E-state index < -0.39 is 5.92 Å². The number of nitrogens with one attached hydrogen (secondary N) is 3. The highest BCUT2D eigenvalue weighted by Gasteiger charge is 2.46. The van der Waals surface area contributed by atoms with Gasteiger partial charge in [0.15, 0.2) is 0 Å². The molecule has 1 aliphatic heterocycles. The summed E-state index contributed by atoms with van der Waals surface area (Å²) in [5.41, 5.74) is 15.8. The highest BCUT2D eigenvalue weighted by atomic mass is 32.1. The molecule has 264 valence electrons. The summed E-state index contributed by atoms with van der Waals surface area (Å²) in [6, 6.07) is 47.6. The molecule has 6 aromatic rings. The van der Waals surface area contributed by atoms with Crippen LogP contribution in [0.5, 0.6) is 5.75 Å². The zero-order chi connectivity index (χ0) is 36.4. The Labute approximate surface area is 312 Å². The van der Waals surface area contributed by atoms with Crippen molar-refractivity contribution in [2.75, 3.05) is 18.0 Å². The lowest BCUT2D eigenvalue weighted by atomic mass is 9.71. The molecule has 0 bridgehead atoms. The van der Waals surface area contributed by atoms with Crippen LogP contribution in [-0.4, -0.2) is 17.6 Å².